The molecule has 0 radical (unpaired) electrons. The molecule has 3 N–H and O–H groups in total. The summed E-state index contributed by atoms with van der Waals surface area (Å²) in [6, 6.07) is 0. The molecule has 0 atom stereocenters. The molecule has 0 aromatic rings. The third-order valence-corrected chi connectivity index (χ3v) is 1.15. The topological polar surface area (TPSA) is 60.7 Å². The van der Waals surface area contributed by atoms with Gasteiger partial charge in [-0.1, -0.05) is 21.8 Å². The molecule has 4 heteroatoms. The zero-order valence-electron chi connectivity index (χ0n) is 5.67. The number of hydrogen-bond donors (Lipinski definition) is 3. The van der Waals surface area contributed by atoms with E-state index >= 15 is 0 Å². The molecular weight excluding hydrogens is 399 g/mol. The van der Waals surface area contributed by atoms with E-state index in [0.29, 0.717) is 0 Å². The molecule has 0 aliphatic rings. The van der Waals surface area contributed by atoms with Gasteiger partial charge in [-0.25, -0.2) is 0 Å². The van der Waals surface area contributed by atoms with Crippen LogP contribution in [0.1, 0.15) is 21.8 Å². The number of aliphatic hydroxyl groups excluding tert-OH is 3. The first-order chi connectivity index (χ1) is 3.68. The van der Waals surface area contributed by atoms with Gasteiger partial charge < -0.3 is 15.3 Å². The Morgan fingerprint density at radius 1 is 0.909 bits per heavy atom. The molecule has 0 unspecified atom stereocenters. The number of aliphatic hydroxyl groups is 3. The van der Waals surface area contributed by atoms with Gasteiger partial charge in [-0.3, -0.25) is 0 Å². The maximum Gasteiger partial charge on any atom is 0.0528 e. The third kappa shape index (κ3) is 6.77. The van der Waals surface area contributed by atoms with Crippen LogP contribution >= 0.6 is 0 Å². The van der Waals surface area contributed by atoms with Gasteiger partial charge in [0.15, 0.2) is 0 Å². The molecule has 0 saturated heterocycles. The van der Waals surface area contributed by atoms with Crippen molar-refractivity contribution in [2.75, 3.05) is 19.8 Å². The maximum atomic E-state index is 8.47. The van der Waals surface area contributed by atoms with E-state index < -0.39 is 5.41 Å². The first-order valence-corrected chi connectivity index (χ1v) is 2.51. The second kappa shape index (κ2) is 8.88. The van der Waals surface area contributed by atoms with Crippen LogP contribution in [-0.2, 0) is 0 Å². The van der Waals surface area contributed by atoms with E-state index in [2.05, 4.69) is 0 Å². The van der Waals surface area contributed by atoms with Crippen molar-refractivity contribution < 1.29 is 15.3 Å². The minimum Gasteiger partial charge on any atom is -0.396 e. The molecule has 0 fully saturated rings. The van der Waals surface area contributed by atoms with Crippen LogP contribution in [-0.4, -0.2) is 35.1 Å². The van der Waals surface area contributed by atoms with Crippen molar-refractivity contribution in [3.05, 3.63) is 0 Å². The molecule has 0 rings (SSSR count). The molecule has 68 valence electrons. The van der Waals surface area contributed by atoms with Gasteiger partial charge in [-0.2, -0.15) is 0 Å². The van der Waals surface area contributed by atoms with Crippen molar-refractivity contribution in [2.24, 2.45) is 5.41 Å². The summed E-state index contributed by atoms with van der Waals surface area (Å²) in [7, 11) is 0. The van der Waals surface area contributed by atoms with E-state index in [0.717, 1.165) is 0 Å². The molecule has 0 heterocycles. The van der Waals surface area contributed by atoms with Gasteiger partial charge >= 0.3 is 0 Å². The Bertz CT molecular complexity index is 56.4. The average molecular weight is 419 g/mol. The van der Waals surface area contributed by atoms with Crippen LogP contribution in [0.25, 0.3) is 0 Å². The largest absolute Gasteiger partial charge is 0.396 e. The average Bonchev–Trinajstić information content (AvgIpc) is 1.87. The summed E-state index contributed by atoms with van der Waals surface area (Å²) in [6.45, 7) is 1.06. The molecule has 0 bridgehead atoms. The fourth-order valence-electron chi connectivity index (χ4n) is 0.150. The van der Waals surface area contributed by atoms with Gasteiger partial charge in [0.25, 0.3) is 0 Å². The van der Waals surface area contributed by atoms with Gasteiger partial charge in [-0.05, 0) is 0 Å². The number of hydrogen-bond acceptors (Lipinski definition) is 3. The van der Waals surface area contributed by atoms with E-state index in [1.807, 2.05) is 0 Å². The Balaban J connectivity index is -0.0000000817. The molecule has 11 heavy (non-hydrogen) atoms. The summed E-state index contributed by atoms with van der Waals surface area (Å²) in [5.41, 5.74) is -0.708. The van der Waals surface area contributed by atoms with Crippen LogP contribution in [0.15, 0.2) is 0 Å². The Morgan fingerprint density at radius 2 is 1.09 bits per heavy atom. The van der Waals surface area contributed by atoms with Crippen LogP contribution in [0, 0.1) is 5.41 Å². The smallest absolute Gasteiger partial charge is 0.0528 e. The Hall–Kier alpha value is -1.12. The maximum absolute atomic E-state index is 8.47. The standard InChI is InChI=1S/C5H12O3.2CH4.Rf/c1-5(2-6,3-7)4-8;;;/h6-8H,2-4H2,1H3;2*1H4;. The van der Waals surface area contributed by atoms with Crippen molar-refractivity contribution in [1.29, 1.82) is 0 Å². The van der Waals surface area contributed by atoms with Crippen LogP contribution in [0.3, 0.4) is 0 Å². The molecular formula is C7H20O3Rf. The monoisotopic (exact) mass is 419 g/mol. The zero-order chi connectivity index (χ0) is 6.62. The summed E-state index contributed by atoms with van der Waals surface area (Å²) in [5.74, 6) is 0. The summed E-state index contributed by atoms with van der Waals surface area (Å²) in [6.07, 6.45) is 0. The third-order valence-electron chi connectivity index (χ3n) is 1.15. The predicted molar refractivity (Wildman–Crippen MR) is 42.8 cm³/mol. The Morgan fingerprint density at radius 3 is 1.09 bits per heavy atom. The fourth-order valence-corrected chi connectivity index (χ4v) is 0.150. The second-order valence-electron chi connectivity index (χ2n) is 2.29. The Labute approximate surface area is 63.3 Å². The van der Waals surface area contributed by atoms with Crippen molar-refractivity contribution in [3.8, 4) is 0 Å². The second-order valence-corrected chi connectivity index (χ2v) is 2.29. The van der Waals surface area contributed by atoms with Crippen molar-refractivity contribution >= 4 is 0 Å². The minimum absolute atomic E-state index is 0. The van der Waals surface area contributed by atoms with E-state index in [-0.39, 0.29) is 34.7 Å². The van der Waals surface area contributed by atoms with Gasteiger partial charge in [0.1, 0.15) is 0 Å². The Kier molecular flexibility index (Phi) is 18.2. The molecule has 0 amide bonds. The normalized spacial score (nSPS) is 8.73. The van der Waals surface area contributed by atoms with Gasteiger partial charge in [0.05, 0.1) is 19.8 Å². The summed E-state index contributed by atoms with van der Waals surface area (Å²) in [4.78, 5) is 0. The first kappa shape index (κ1) is 22.5. The molecule has 0 aliphatic carbocycles. The molecule has 0 aromatic carbocycles. The van der Waals surface area contributed by atoms with E-state index in [1.54, 1.807) is 6.92 Å². The fraction of sp³-hybridized carbons (Fsp3) is 1.00. The molecule has 3 nitrogen and oxygen atoms in total. The SMILES string of the molecule is C.C.CC(CO)(CO)CO.[Rf]. The van der Waals surface area contributed by atoms with Crippen LogP contribution < -0.4 is 0 Å². The summed E-state index contributed by atoms with van der Waals surface area (Å²) in [5, 5.41) is 25.4. The van der Waals surface area contributed by atoms with Gasteiger partial charge in [0, 0.05) is 5.41 Å². The van der Waals surface area contributed by atoms with Gasteiger partial charge in [0.2, 0.25) is 0 Å². The number of rotatable bonds is 3. The van der Waals surface area contributed by atoms with Crippen molar-refractivity contribution in [1.82, 2.24) is 0 Å². The quantitative estimate of drug-likeness (QED) is 0.615. The predicted octanol–water partition coefficient (Wildman–Crippen LogP) is 0.242. The molecule has 0 spiro atoms. The van der Waals surface area contributed by atoms with E-state index in [1.165, 1.54) is 0 Å². The molecule has 0 aromatic heterocycles. The van der Waals surface area contributed by atoms with Gasteiger partial charge in [-0.15, -0.1) is 0 Å². The van der Waals surface area contributed by atoms with Crippen molar-refractivity contribution in [3.63, 3.8) is 0 Å². The van der Waals surface area contributed by atoms with Crippen LogP contribution in [0.4, 0.5) is 0 Å². The van der Waals surface area contributed by atoms with Crippen LogP contribution in [0.2, 0.25) is 0 Å². The van der Waals surface area contributed by atoms with E-state index in [4.69, 9.17) is 15.3 Å². The first-order valence-electron chi connectivity index (χ1n) is 2.51. The minimum atomic E-state index is -0.708. The molecule has 0 aliphatic heterocycles. The van der Waals surface area contributed by atoms with E-state index in [9.17, 15) is 0 Å². The summed E-state index contributed by atoms with van der Waals surface area (Å²) < 4.78 is 0. The zero-order valence-corrected chi connectivity index (χ0v) is 12.1. The summed E-state index contributed by atoms with van der Waals surface area (Å²) >= 11 is 0. The van der Waals surface area contributed by atoms with Crippen molar-refractivity contribution in [2.45, 2.75) is 21.8 Å². The van der Waals surface area contributed by atoms with Crippen LogP contribution in [0.5, 0.6) is 0 Å². The molecule has 0 saturated carbocycles.